The Balaban J connectivity index is 1.90. The van der Waals surface area contributed by atoms with Crippen LogP contribution in [-0.4, -0.2) is 20.4 Å². The van der Waals surface area contributed by atoms with Gasteiger partial charge in [0.2, 0.25) is 15.9 Å². The highest BCUT2D eigenvalue weighted by atomic mass is 32.2. The maximum absolute atomic E-state index is 13.9. The third-order valence-electron chi connectivity index (χ3n) is 4.44. The van der Waals surface area contributed by atoms with Crippen molar-refractivity contribution in [3.8, 4) is 0 Å². The summed E-state index contributed by atoms with van der Waals surface area (Å²) >= 11 is 0. The molecule has 0 bridgehead atoms. The van der Waals surface area contributed by atoms with E-state index >= 15 is 0 Å². The average molecular weight is 430 g/mol. The van der Waals surface area contributed by atoms with E-state index in [2.05, 4.69) is 10.0 Å². The molecule has 0 aromatic heterocycles. The zero-order chi connectivity index (χ0) is 21.7. The number of halogens is 2. The summed E-state index contributed by atoms with van der Waals surface area (Å²) in [4.78, 5) is 12.8. The molecule has 0 unspecified atom stereocenters. The minimum Gasteiger partial charge on any atom is -0.320 e. The molecule has 0 saturated heterocycles. The van der Waals surface area contributed by atoms with Gasteiger partial charge in [-0.25, -0.2) is 17.2 Å². The van der Waals surface area contributed by atoms with E-state index in [1.807, 2.05) is 6.92 Å². The summed E-state index contributed by atoms with van der Waals surface area (Å²) in [5, 5.41) is 2.17. The average Bonchev–Trinajstić information content (AvgIpc) is 2.71. The normalized spacial score (nSPS) is 12.4. The minimum atomic E-state index is -4.05. The van der Waals surface area contributed by atoms with E-state index in [9.17, 15) is 22.0 Å². The number of rotatable bonds is 7. The Hall–Kier alpha value is -3.10. The van der Waals surface area contributed by atoms with Crippen molar-refractivity contribution in [3.05, 3.63) is 95.6 Å². The first-order valence-corrected chi connectivity index (χ1v) is 10.6. The van der Waals surface area contributed by atoms with E-state index in [1.54, 1.807) is 42.5 Å². The molecule has 0 aliphatic rings. The predicted molar refractivity (Wildman–Crippen MR) is 110 cm³/mol. The number of anilines is 1. The maximum atomic E-state index is 13.9. The molecule has 0 heterocycles. The summed E-state index contributed by atoms with van der Waals surface area (Å²) in [6, 6.07) is 16.7. The minimum absolute atomic E-state index is 0.00611. The number of sulfonamides is 1. The third kappa shape index (κ3) is 5.28. The Morgan fingerprint density at radius 2 is 1.50 bits per heavy atom. The van der Waals surface area contributed by atoms with Crippen molar-refractivity contribution in [3.63, 3.8) is 0 Å². The van der Waals surface area contributed by atoms with Crippen LogP contribution in [0.2, 0.25) is 0 Å². The highest BCUT2D eigenvalue weighted by Crippen LogP contribution is 2.19. The van der Waals surface area contributed by atoms with Crippen LogP contribution in [0.3, 0.4) is 0 Å². The number of nitrogens with one attached hydrogen (secondary N) is 2. The summed E-state index contributed by atoms with van der Waals surface area (Å²) in [7, 11) is -4.05. The lowest BCUT2D eigenvalue weighted by atomic mass is 10.1. The number of benzene rings is 3. The number of amides is 1. The molecule has 8 heteroatoms. The highest BCUT2D eigenvalue weighted by molar-refractivity contribution is 7.89. The summed E-state index contributed by atoms with van der Waals surface area (Å²) in [6.45, 7) is 1.82. The fraction of sp³-hybridized carbons (Fsp3) is 0.136. The molecule has 1 amide bonds. The van der Waals surface area contributed by atoms with Crippen molar-refractivity contribution in [1.29, 1.82) is 0 Å². The highest BCUT2D eigenvalue weighted by Gasteiger charge is 2.27. The van der Waals surface area contributed by atoms with E-state index < -0.39 is 39.3 Å². The molecule has 2 N–H and O–H groups in total. The van der Waals surface area contributed by atoms with Crippen LogP contribution in [-0.2, 0) is 21.2 Å². The third-order valence-corrected chi connectivity index (χ3v) is 5.93. The zero-order valence-electron chi connectivity index (χ0n) is 16.1. The Bertz CT molecular complexity index is 1110. The molecule has 0 radical (unpaired) electrons. The molecule has 3 aromatic carbocycles. The zero-order valence-corrected chi connectivity index (χ0v) is 16.9. The van der Waals surface area contributed by atoms with Crippen LogP contribution in [0.15, 0.2) is 77.7 Å². The standard InChI is InChI=1S/C22H20F2N2O3S/c1-15-10-12-17(13-11-15)30(28,29)26-20(14-16-6-3-2-4-7-16)22(27)25-21-18(23)8-5-9-19(21)24/h2-13,20,26H,14H2,1H3,(H,25,27)/t20-/m0/s1. The van der Waals surface area contributed by atoms with Gasteiger partial charge in [-0.1, -0.05) is 54.1 Å². The van der Waals surface area contributed by atoms with Crippen molar-refractivity contribution >= 4 is 21.6 Å². The van der Waals surface area contributed by atoms with Gasteiger partial charge in [0.15, 0.2) is 0 Å². The van der Waals surface area contributed by atoms with Crippen molar-refractivity contribution in [2.45, 2.75) is 24.3 Å². The molecule has 0 aliphatic carbocycles. The van der Waals surface area contributed by atoms with Gasteiger partial charge in [-0.3, -0.25) is 4.79 Å². The van der Waals surface area contributed by atoms with Gasteiger partial charge < -0.3 is 5.32 Å². The summed E-state index contributed by atoms with van der Waals surface area (Å²) in [6.07, 6.45) is -0.00611. The molecular weight excluding hydrogens is 410 g/mol. The van der Waals surface area contributed by atoms with Crippen LogP contribution < -0.4 is 10.0 Å². The molecule has 1 atom stereocenters. The number of carbonyl (C=O) groups is 1. The number of carbonyl (C=O) groups excluding carboxylic acids is 1. The summed E-state index contributed by atoms with van der Waals surface area (Å²) in [5.41, 5.74) is 0.927. The Labute approximate surface area is 173 Å². The molecule has 5 nitrogen and oxygen atoms in total. The van der Waals surface area contributed by atoms with Crippen molar-refractivity contribution in [2.75, 3.05) is 5.32 Å². The fourth-order valence-corrected chi connectivity index (χ4v) is 4.03. The molecule has 30 heavy (non-hydrogen) atoms. The van der Waals surface area contributed by atoms with E-state index in [1.165, 1.54) is 18.2 Å². The molecule has 0 spiro atoms. The van der Waals surface area contributed by atoms with Gasteiger partial charge in [-0.15, -0.1) is 0 Å². The maximum Gasteiger partial charge on any atom is 0.243 e. The van der Waals surface area contributed by atoms with E-state index in [4.69, 9.17) is 0 Å². The summed E-state index contributed by atoms with van der Waals surface area (Å²) in [5.74, 6) is -2.79. The number of aryl methyl sites for hydroxylation is 1. The fourth-order valence-electron chi connectivity index (χ4n) is 2.84. The Morgan fingerprint density at radius 1 is 0.900 bits per heavy atom. The number of hydrogen-bond donors (Lipinski definition) is 2. The van der Waals surface area contributed by atoms with Gasteiger partial charge in [0.05, 0.1) is 4.90 Å². The summed E-state index contributed by atoms with van der Waals surface area (Å²) < 4.78 is 55.8. The largest absolute Gasteiger partial charge is 0.320 e. The van der Waals surface area contributed by atoms with E-state index in [0.29, 0.717) is 5.56 Å². The lowest BCUT2D eigenvalue weighted by Crippen LogP contribution is -2.45. The smallest absolute Gasteiger partial charge is 0.243 e. The molecule has 0 aliphatic heterocycles. The first-order chi connectivity index (χ1) is 14.3. The first kappa shape index (κ1) is 21.6. The van der Waals surface area contributed by atoms with Gasteiger partial charge in [-0.05, 0) is 43.2 Å². The van der Waals surface area contributed by atoms with Gasteiger partial charge in [0.25, 0.3) is 0 Å². The molecule has 0 fully saturated rings. The van der Waals surface area contributed by atoms with E-state index in [0.717, 1.165) is 17.7 Å². The first-order valence-electron chi connectivity index (χ1n) is 9.14. The molecule has 3 rings (SSSR count). The van der Waals surface area contributed by atoms with Crippen LogP contribution in [0.25, 0.3) is 0 Å². The van der Waals surface area contributed by atoms with Gasteiger partial charge in [0.1, 0.15) is 23.4 Å². The number of para-hydroxylation sites is 1. The van der Waals surface area contributed by atoms with Crippen LogP contribution in [0.5, 0.6) is 0 Å². The molecule has 0 saturated carbocycles. The van der Waals surface area contributed by atoms with Crippen molar-refractivity contribution in [1.82, 2.24) is 4.72 Å². The predicted octanol–water partition coefficient (Wildman–Crippen LogP) is 3.80. The number of hydrogen-bond acceptors (Lipinski definition) is 3. The van der Waals surface area contributed by atoms with Crippen molar-refractivity contribution in [2.24, 2.45) is 0 Å². The van der Waals surface area contributed by atoms with E-state index in [-0.39, 0.29) is 11.3 Å². The second-order valence-corrected chi connectivity index (χ2v) is 8.48. The monoisotopic (exact) mass is 430 g/mol. The van der Waals surface area contributed by atoms with Gasteiger partial charge in [-0.2, -0.15) is 4.72 Å². The second kappa shape index (κ2) is 9.15. The van der Waals surface area contributed by atoms with Gasteiger partial charge >= 0.3 is 0 Å². The second-order valence-electron chi connectivity index (χ2n) is 6.76. The molecular formula is C22H20F2N2O3S. The molecule has 156 valence electrons. The topological polar surface area (TPSA) is 75.3 Å². The van der Waals surface area contributed by atoms with Gasteiger partial charge in [0, 0.05) is 0 Å². The van der Waals surface area contributed by atoms with Crippen LogP contribution in [0.1, 0.15) is 11.1 Å². The lowest BCUT2D eigenvalue weighted by Gasteiger charge is -2.19. The van der Waals surface area contributed by atoms with Crippen LogP contribution in [0.4, 0.5) is 14.5 Å². The SMILES string of the molecule is Cc1ccc(S(=O)(=O)N[C@@H](Cc2ccccc2)C(=O)Nc2c(F)cccc2F)cc1. The quantitative estimate of drug-likeness (QED) is 0.599. The lowest BCUT2D eigenvalue weighted by molar-refractivity contribution is -0.117. The van der Waals surface area contributed by atoms with Crippen LogP contribution in [0, 0.1) is 18.6 Å². The molecule has 3 aromatic rings. The Morgan fingerprint density at radius 3 is 2.10 bits per heavy atom. The Kier molecular flexibility index (Phi) is 6.59. The van der Waals surface area contributed by atoms with Crippen LogP contribution >= 0.6 is 0 Å². The van der Waals surface area contributed by atoms with Crippen molar-refractivity contribution < 1.29 is 22.0 Å².